The van der Waals surface area contributed by atoms with Crippen LogP contribution in [0.2, 0.25) is 0 Å². The van der Waals surface area contributed by atoms with Crippen molar-refractivity contribution in [3.05, 3.63) is 120 Å². The summed E-state index contributed by atoms with van der Waals surface area (Å²) in [5.41, 5.74) is 5.55. The second-order valence-electron chi connectivity index (χ2n) is 7.82. The molecule has 0 unspecified atom stereocenters. The van der Waals surface area contributed by atoms with Crippen molar-refractivity contribution in [1.29, 1.82) is 0 Å². The molecule has 0 heterocycles. The second-order valence-corrected chi connectivity index (χ2v) is 7.82. The lowest BCUT2D eigenvalue weighted by molar-refractivity contribution is -0.137. The highest BCUT2D eigenvalue weighted by molar-refractivity contribution is 5.85. The molecule has 4 aromatic carbocycles. The Morgan fingerprint density at radius 1 is 0.778 bits per heavy atom. The molecule has 8 heteroatoms. The van der Waals surface area contributed by atoms with Crippen LogP contribution in [0.25, 0.3) is 0 Å². The van der Waals surface area contributed by atoms with Gasteiger partial charge in [-0.1, -0.05) is 54.6 Å². The van der Waals surface area contributed by atoms with Gasteiger partial charge in [-0.3, -0.25) is 4.79 Å². The standard InChI is InChI=1S/C28H23F3N4O/c29-28(30,31)22-8-7-9-23(18-22)32-20-27(36)34-33-19-21-14-16-26(17-15-21)35(24-10-3-1-4-11-24)25-12-5-2-6-13-25/h1-19,32H,20H2,(H,34,36)/b33-19+. The molecule has 5 nitrogen and oxygen atoms in total. The number of anilines is 4. The minimum Gasteiger partial charge on any atom is -0.376 e. The van der Waals surface area contributed by atoms with E-state index >= 15 is 0 Å². The van der Waals surface area contributed by atoms with Crippen LogP contribution in [0, 0.1) is 0 Å². The number of amides is 1. The molecule has 0 saturated heterocycles. The van der Waals surface area contributed by atoms with Crippen LogP contribution in [0.1, 0.15) is 11.1 Å². The van der Waals surface area contributed by atoms with E-state index in [2.05, 4.69) is 20.7 Å². The Morgan fingerprint density at radius 3 is 1.94 bits per heavy atom. The van der Waals surface area contributed by atoms with Gasteiger partial charge in [-0.2, -0.15) is 18.3 Å². The van der Waals surface area contributed by atoms with Gasteiger partial charge in [0.15, 0.2) is 0 Å². The number of rotatable bonds is 8. The molecular formula is C28H23F3N4O. The summed E-state index contributed by atoms with van der Waals surface area (Å²) in [6.45, 7) is -0.222. The maximum absolute atomic E-state index is 12.8. The molecule has 0 aromatic heterocycles. The van der Waals surface area contributed by atoms with Gasteiger partial charge in [-0.25, -0.2) is 5.43 Å². The highest BCUT2D eigenvalue weighted by Gasteiger charge is 2.30. The number of nitrogens with one attached hydrogen (secondary N) is 2. The normalized spacial score (nSPS) is 11.3. The Hall–Kier alpha value is -4.59. The van der Waals surface area contributed by atoms with Crippen molar-refractivity contribution in [2.75, 3.05) is 16.8 Å². The van der Waals surface area contributed by atoms with E-state index in [0.29, 0.717) is 0 Å². The Labute approximate surface area is 206 Å². The lowest BCUT2D eigenvalue weighted by atomic mass is 10.1. The topological polar surface area (TPSA) is 56.7 Å². The van der Waals surface area contributed by atoms with Crippen molar-refractivity contribution in [2.24, 2.45) is 5.10 Å². The SMILES string of the molecule is O=C(CNc1cccc(C(F)(F)F)c1)N/N=C/c1ccc(N(c2ccccc2)c2ccccc2)cc1. The van der Waals surface area contributed by atoms with Crippen molar-refractivity contribution >= 4 is 34.9 Å². The zero-order chi connectivity index (χ0) is 25.4. The molecule has 0 spiro atoms. The van der Waals surface area contributed by atoms with Gasteiger partial charge in [0, 0.05) is 22.7 Å². The quantitative estimate of drug-likeness (QED) is 0.213. The number of nitrogens with zero attached hydrogens (tertiary/aromatic N) is 2. The number of para-hydroxylation sites is 2. The van der Waals surface area contributed by atoms with Crippen LogP contribution in [0.15, 0.2) is 114 Å². The van der Waals surface area contributed by atoms with Gasteiger partial charge < -0.3 is 10.2 Å². The maximum atomic E-state index is 12.8. The molecule has 0 fully saturated rings. The van der Waals surface area contributed by atoms with Crippen LogP contribution in [0.4, 0.5) is 35.9 Å². The summed E-state index contributed by atoms with van der Waals surface area (Å²) in [6, 6.07) is 32.3. The largest absolute Gasteiger partial charge is 0.416 e. The first-order valence-corrected chi connectivity index (χ1v) is 11.1. The third kappa shape index (κ3) is 6.50. The van der Waals surface area contributed by atoms with Crippen LogP contribution >= 0.6 is 0 Å². The fourth-order valence-corrected chi connectivity index (χ4v) is 3.52. The zero-order valence-corrected chi connectivity index (χ0v) is 19.1. The van der Waals surface area contributed by atoms with Gasteiger partial charge in [0.25, 0.3) is 5.91 Å². The lowest BCUT2D eigenvalue weighted by Gasteiger charge is -2.25. The third-order valence-corrected chi connectivity index (χ3v) is 5.23. The van der Waals surface area contributed by atoms with Gasteiger partial charge in [0.05, 0.1) is 18.3 Å². The van der Waals surface area contributed by atoms with Crippen LogP contribution in [0.5, 0.6) is 0 Å². The number of alkyl halides is 3. The second kappa shape index (κ2) is 11.2. The number of hydrogen-bond donors (Lipinski definition) is 2. The van der Waals surface area contributed by atoms with Crippen LogP contribution in [-0.2, 0) is 11.0 Å². The van der Waals surface area contributed by atoms with Crippen molar-refractivity contribution in [3.8, 4) is 0 Å². The van der Waals surface area contributed by atoms with E-state index in [-0.39, 0.29) is 12.2 Å². The average molecular weight is 489 g/mol. The monoisotopic (exact) mass is 488 g/mol. The highest BCUT2D eigenvalue weighted by atomic mass is 19.4. The van der Waals surface area contributed by atoms with E-state index in [1.807, 2.05) is 84.9 Å². The first-order valence-electron chi connectivity index (χ1n) is 11.1. The Bertz CT molecular complexity index is 1270. The van der Waals surface area contributed by atoms with E-state index in [1.54, 1.807) is 0 Å². The predicted molar refractivity (Wildman–Crippen MR) is 137 cm³/mol. The van der Waals surface area contributed by atoms with Gasteiger partial charge in [-0.05, 0) is 60.2 Å². The smallest absolute Gasteiger partial charge is 0.376 e. The van der Waals surface area contributed by atoms with Crippen LogP contribution in [-0.4, -0.2) is 18.7 Å². The number of carbonyl (C=O) groups is 1. The molecule has 0 bridgehead atoms. The Morgan fingerprint density at radius 2 is 1.36 bits per heavy atom. The van der Waals surface area contributed by atoms with Gasteiger partial charge in [0.2, 0.25) is 0 Å². The Balaban J connectivity index is 1.37. The number of hydrogen-bond acceptors (Lipinski definition) is 4. The molecule has 1 amide bonds. The van der Waals surface area contributed by atoms with Gasteiger partial charge in [-0.15, -0.1) is 0 Å². The minimum atomic E-state index is -4.45. The molecular weight excluding hydrogens is 465 g/mol. The highest BCUT2D eigenvalue weighted by Crippen LogP contribution is 2.34. The molecule has 0 radical (unpaired) electrons. The number of halogens is 3. The third-order valence-electron chi connectivity index (χ3n) is 5.23. The lowest BCUT2D eigenvalue weighted by Crippen LogP contribution is -2.26. The first-order chi connectivity index (χ1) is 17.4. The van der Waals surface area contributed by atoms with E-state index in [0.717, 1.165) is 34.8 Å². The van der Waals surface area contributed by atoms with Gasteiger partial charge >= 0.3 is 6.18 Å². The molecule has 0 aliphatic rings. The maximum Gasteiger partial charge on any atom is 0.416 e. The van der Waals surface area contributed by atoms with E-state index in [9.17, 15) is 18.0 Å². The molecule has 182 valence electrons. The van der Waals surface area contributed by atoms with Crippen molar-refractivity contribution in [2.45, 2.75) is 6.18 Å². The molecule has 36 heavy (non-hydrogen) atoms. The van der Waals surface area contributed by atoms with E-state index in [1.165, 1.54) is 18.3 Å². The summed E-state index contributed by atoms with van der Waals surface area (Å²) in [7, 11) is 0. The fraction of sp³-hybridized carbons (Fsp3) is 0.0714. The van der Waals surface area contributed by atoms with Crippen molar-refractivity contribution in [1.82, 2.24) is 5.43 Å². The molecule has 2 N–H and O–H groups in total. The number of hydrazone groups is 1. The molecule has 0 atom stereocenters. The summed E-state index contributed by atoms with van der Waals surface area (Å²) in [5.74, 6) is -0.486. The van der Waals surface area contributed by atoms with E-state index in [4.69, 9.17) is 0 Å². The zero-order valence-electron chi connectivity index (χ0n) is 19.1. The summed E-state index contributed by atoms with van der Waals surface area (Å²) >= 11 is 0. The molecule has 0 aliphatic heterocycles. The van der Waals surface area contributed by atoms with Crippen molar-refractivity contribution < 1.29 is 18.0 Å². The fourth-order valence-electron chi connectivity index (χ4n) is 3.52. The summed E-state index contributed by atoms with van der Waals surface area (Å²) in [4.78, 5) is 14.2. The number of benzene rings is 4. The van der Waals surface area contributed by atoms with E-state index < -0.39 is 17.6 Å². The van der Waals surface area contributed by atoms with Crippen molar-refractivity contribution in [3.63, 3.8) is 0 Å². The minimum absolute atomic E-state index is 0.195. The molecule has 4 rings (SSSR count). The summed E-state index contributed by atoms with van der Waals surface area (Å²) < 4.78 is 38.4. The molecule has 4 aromatic rings. The summed E-state index contributed by atoms with van der Waals surface area (Å²) in [5, 5.41) is 6.61. The summed E-state index contributed by atoms with van der Waals surface area (Å²) in [6.07, 6.45) is -2.94. The molecule has 0 aliphatic carbocycles. The first kappa shape index (κ1) is 24.5. The predicted octanol–water partition coefficient (Wildman–Crippen LogP) is 6.74. The number of carbonyl (C=O) groups excluding carboxylic acids is 1. The van der Waals surface area contributed by atoms with Crippen LogP contribution in [0.3, 0.4) is 0 Å². The average Bonchev–Trinajstić information content (AvgIpc) is 2.89. The van der Waals surface area contributed by atoms with Crippen LogP contribution < -0.4 is 15.6 Å². The Kier molecular flexibility index (Phi) is 7.65. The van der Waals surface area contributed by atoms with Gasteiger partial charge in [0.1, 0.15) is 0 Å². The molecule has 0 saturated carbocycles.